The van der Waals surface area contributed by atoms with Gasteiger partial charge in [-0.2, -0.15) is 0 Å². The van der Waals surface area contributed by atoms with Gasteiger partial charge in [-0.3, -0.25) is 4.79 Å². The average molecular weight is 335 g/mol. The van der Waals surface area contributed by atoms with Crippen LogP contribution in [0.25, 0.3) is 0 Å². The molecule has 0 atom stereocenters. The van der Waals surface area contributed by atoms with Crippen LogP contribution in [0, 0.1) is 5.82 Å². The number of halogens is 1. The molecule has 0 aliphatic heterocycles. The summed E-state index contributed by atoms with van der Waals surface area (Å²) in [5.74, 6) is -1.93. The number of aromatic nitrogens is 1. The van der Waals surface area contributed by atoms with Gasteiger partial charge in [-0.05, 0) is 12.1 Å². The summed E-state index contributed by atoms with van der Waals surface area (Å²) in [5, 5.41) is 7.32. The number of hydrogen-bond donors (Lipinski definition) is 2. The van der Waals surface area contributed by atoms with Crippen molar-refractivity contribution in [2.45, 2.75) is 0 Å². The number of benzene rings is 1. The first-order valence-corrected chi connectivity index (χ1v) is 7.50. The largest absolute Gasteiger partial charge is 0.451 e. The highest BCUT2D eigenvalue weighted by Gasteiger charge is 2.14. The summed E-state index contributed by atoms with van der Waals surface area (Å²) in [4.78, 5) is 27.4. The molecule has 8 heteroatoms. The molecular weight excluding hydrogens is 321 g/mol. The monoisotopic (exact) mass is 335 g/mol. The number of anilines is 2. The Bertz CT molecular complexity index is 717. The van der Waals surface area contributed by atoms with Crippen molar-refractivity contribution >= 4 is 34.0 Å². The molecule has 120 valence electrons. The Labute approximate surface area is 136 Å². The maximum absolute atomic E-state index is 13.4. The highest BCUT2D eigenvalue weighted by molar-refractivity contribution is 7.13. The summed E-state index contributed by atoms with van der Waals surface area (Å²) in [7, 11) is 0. The van der Waals surface area contributed by atoms with Gasteiger partial charge in [0.15, 0.2) is 17.4 Å². The number of nitrogens with zero attached hydrogens (tertiary/aromatic N) is 1. The van der Waals surface area contributed by atoms with Crippen molar-refractivity contribution in [3.63, 3.8) is 0 Å². The molecule has 0 fully saturated rings. The van der Waals surface area contributed by atoms with Crippen LogP contribution in [0.3, 0.4) is 0 Å². The van der Waals surface area contributed by atoms with E-state index < -0.39 is 24.3 Å². The van der Waals surface area contributed by atoms with Gasteiger partial charge in [0.1, 0.15) is 5.82 Å². The summed E-state index contributed by atoms with van der Waals surface area (Å²) in [6, 6.07) is 5.71. The van der Waals surface area contributed by atoms with Crippen molar-refractivity contribution in [2.24, 2.45) is 0 Å². The van der Waals surface area contributed by atoms with E-state index in [-0.39, 0.29) is 11.4 Å². The molecule has 2 rings (SSSR count). The van der Waals surface area contributed by atoms with Gasteiger partial charge in [-0.15, -0.1) is 17.9 Å². The SMILES string of the molecule is C=CCNc1nc(C(=O)OCC(=O)Nc2ccccc2F)cs1. The smallest absolute Gasteiger partial charge is 0.358 e. The first-order chi connectivity index (χ1) is 11.1. The highest BCUT2D eigenvalue weighted by atomic mass is 32.1. The average Bonchev–Trinajstić information content (AvgIpc) is 3.02. The number of para-hydroxylation sites is 1. The van der Waals surface area contributed by atoms with Crippen molar-refractivity contribution in [1.29, 1.82) is 0 Å². The fourth-order valence-electron chi connectivity index (χ4n) is 1.56. The molecule has 2 N–H and O–H groups in total. The number of nitrogens with one attached hydrogen (secondary N) is 2. The number of carbonyl (C=O) groups excluding carboxylic acids is 2. The van der Waals surface area contributed by atoms with Gasteiger partial charge >= 0.3 is 5.97 Å². The third-order valence-electron chi connectivity index (χ3n) is 2.59. The number of thiazole rings is 1. The predicted octanol–water partition coefficient (Wildman–Crippen LogP) is 2.68. The van der Waals surface area contributed by atoms with Crippen molar-refractivity contribution in [2.75, 3.05) is 23.8 Å². The lowest BCUT2D eigenvalue weighted by Gasteiger charge is -2.06. The van der Waals surface area contributed by atoms with Gasteiger partial charge in [0.2, 0.25) is 0 Å². The lowest BCUT2D eigenvalue weighted by molar-refractivity contribution is -0.119. The Morgan fingerprint density at radius 1 is 1.39 bits per heavy atom. The van der Waals surface area contributed by atoms with Crippen LogP contribution in [0.15, 0.2) is 42.3 Å². The molecule has 0 aliphatic carbocycles. The lowest BCUT2D eigenvalue weighted by atomic mass is 10.3. The molecule has 1 aromatic carbocycles. The Morgan fingerprint density at radius 2 is 2.17 bits per heavy atom. The minimum Gasteiger partial charge on any atom is -0.451 e. The highest BCUT2D eigenvalue weighted by Crippen LogP contribution is 2.16. The molecule has 6 nitrogen and oxygen atoms in total. The molecule has 0 unspecified atom stereocenters. The summed E-state index contributed by atoms with van der Waals surface area (Å²) in [6.45, 7) is 3.55. The van der Waals surface area contributed by atoms with Crippen LogP contribution in [0.2, 0.25) is 0 Å². The molecule has 0 radical (unpaired) electrons. The van der Waals surface area contributed by atoms with E-state index in [1.165, 1.54) is 34.9 Å². The quantitative estimate of drug-likeness (QED) is 0.601. The van der Waals surface area contributed by atoms with Crippen molar-refractivity contribution in [3.8, 4) is 0 Å². The fraction of sp³-hybridized carbons (Fsp3) is 0.133. The maximum atomic E-state index is 13.4. The Hall–Kier alpha value is -2.74. The van der Waals surface area contributed by atoms with E-state index in [0.29, 0.717) is 11.7 Å². The standard InChI is InChI=1S/C15H14FN3O3S/c1-2-7-17-15-19-12(9-23-15)14(21)22-8-13(20)18-11-6-4-3-5-10(11)16/h2-6,9H,1,7-8H2,(H,17,19)(H,18,20). The minimum atomic E-state index is -0.725. The van der Waals surface area contributed by atoms with E-state index in [1.54, 1.807) is 12.1 Å². The van der Waals surface area contributed by atoms with Crippen molar-refractivity contribution in [1.82, 2.24) is 4.98 Å². The second-order valence-corrected chi connectivity index (χ2v) is 5.17. The zero-order valence-corrected chi connectivity index (χ0v) is 12.9. The molecule has 0 saturated carbocycles. The second kappa shape index (κ2) is 8.04. The van der Waals surface area contributed by atoms with Crippen LogP contribution >= 0.6 is 11.3 Å². The minimum absolute atomic E-state index is 0.0260. The van der Waals surface area contributed by atoms with Gasteiger partial charge in [0.05, 0.1) is 5.69 Å². The van der Waals surface area contributed by atoms with Gasteiger partial charge in [-0.1, -0.05) is 18.2 Å². The molecule has 1 aromatic heterocycles. The first kappa shape index (κ1) is 16.6. The first-order valence-electron chi connectivity index (χ1n) is 6.62. The zero-order chi connectivity index (χ0) is 16.7. The van der Waals surface area contributed by atoms with E-state index in [1.807, 2.05) is 0 Å². The number of esters is 1. The molecule has 1 heterocycles. The Balaban J connectivity index is 1.84. The Morgan fingerprint density at radius 3 is 2.91 bits per heavy atom. The molecule has 1 amide bonds. The third kappa shape index (κ3) is 4.89. The van der Waals surface area contributed by atoms with E-state index in [0.717, 1.165) is 0 Å². The van der Waals surface area contributed by atoms with Crippen LogP contribution in [0.5, 0.6) is 0 Å². The zero-order valence-electron chi connectivity index (χ0n) is 12.0. The topological polar surface area (TPSA) is 80.3 Å². The van der Waals surface area contributed by atoms with E-state index in [4.69, 9.17) is 4.74 Å². The van der Waals surface area contributed by atoms with Crippen molar-refractivity contribution < 1.29 is 18.7 Å². The third-order valence-corrected chi connectivity index (χ3v) is 3.39. The number of hydrogen-bond acceptors (Lipinski definition) is 6. The number of ether oxygens (including phenoxy) is 1. The summed E-state index contributed by atoms with van der Waals surface area (Å²) < 4.78 is 18.2. The normalized spacial score (nSPS) is 9.96. The Kier molecular flexibility index (Phi) is 5.81. The van der Waals surface area contributed by atoms with Gasteiger partial charge in [-0.25, -0.2) is 14.2 Å². The summed E-state index contributed by atoms with van der Waals surface area (Å²) in [5.41, 5.74) is 0.123. The van der Waals surface area contributed by atoms with Crippen LogP contribution in [0.1, 0.15) is 10.5 Å². The molecule has 2 aromatic rings. The lowest BCUT2D eigenvalue weighted by Crippen LogP contribution is -2.21. The van der Waals surface area contributed by atoms with Gasteiger partial charge in [0.25, 0.3) is 5.91 Å². The van der Waals surface area contributed by atoms with E-state index in [2.05, 4.69) is 22.2 Å². The number of carbonyl (C=O) groups is 2. The van der Waals surface area contributed by atoms with E-state index >= 15 is 0 Å². The second-order valence-electron chi connectivity index (χ2n) is 4.31. The predicted molar refractivity (Wildman–Crippen MR) is 86.1 cm³/mol. The molecule has 0 spiro atoms. The molecule has 0 bridgehead atoms. The molecular formula is C15H14FN3O3S. The van der Waals surface area contributed by atoms with Crippen molar-refractivity contribution in [3.05, 3.63) is 53.8 Å². The van der Waals surface area contributed by atoms with Gasteiger partial charge < -0.3 is 15.4 Å². The van der Waals surface area contributed by atoms with E-state index in [9.17, 15) is 14.0 Å². The maximum Gasteiger partial charge on any atom is 0.358 e. The van der Waals surface area contributed by atoms with Crippen LogP contribution < -0.4 is 10.6 Å². The summed E-state index contributed by atoms with van der Waals surface area (Å²) >= 11 is 1.24. The van der Waals surface area contributed by atoms with Crippen LogP contribution in [-0.4, -0.2) is 30.0 Å². The number of amides is 1. The molecule has 0 saturated heterocycles. The molecule has 23 heavy (non-hydrogen) atoms. The van der Waals surface area contributed by atoms with Gasteiger partial charge in [0, 0.05) is 11.9 Å². The van der Waals surface area contributed by atoms with Crippen LogP contribution in [0.4, 0.5) is 15.2 Å². The van der Waals surface area contributed by atoms with Crippen LogP contribution in [-0.2, 0) is 9.53 Å². The molecule has 0 aliphatic rings. The fourth-order valence-corrected chi connectivity index (χ4v) is 2.25. The number of rotatable bonds is 7. The summed E-state index contributed by atoms with van der Waals surface area (Å²) in [6.07, 6.45) is 1.66.